The zero-order valence-corrected chi connectivity index (χ0v) is 10.0. The van der Waals surface area contributed by atoms with Crippen molar-refractivity contribution in [1.29, 1.82) is 0 Å². The van der Waals surface area contributed by atoms with Crippen LogP contribution in [0.1, 0.15) is 5.56 Å². The highest BCUT2D eigenvalue weighted by Crippen LogP contribution is 2.30. The molecule has 0 aliphatic heterocycles. The van der Waals surface area contributed by atoms with Gasteiger partial charge in [-0.2, -0.15) is 0 Å². The Hall–Kier alpha value is -1.19. The first kappa shape index (κ1) is 11.3. The predicted molar refractivity (Wildman–Crippen MR) is 66.9 cm³/mol. The molecule has 2 nitrogen and oxygen atoms in total. The number of aromatic hydroxyl groups is 1. The zero-order valence-electron chi connectivity index (χ0n) is 8.43. The van der Waals surface area contributed by atoms with Gasteiger partial charge in [-0.25, -0.2) is 4.98 Å². The van der Waals surface area contributed by atoms with E-state index in [4.69, 9.17) is 11.6 Å². The Morgan fingerprint density at radius 1 is 1.25 bits per heavy atom. The van der Waals surface area contributed by atoms with Crippen LogP contribution in [0.4, 0.5) is 0 Å². The van der Waals surface area contributed by atoms with E-state index >= 15 is 0 Å². The fraction of sp³-hybridized carbons (Fsp3) is 0.0833. The van der Waals surface area contributed by atoms with Crippen molar-refractivity contribution < 1.29 is 5.11 Å². The lowest BCUT2D eigenvalue weighted by atomic mass is 10.2. The second-order valence-electron chi connectivity index (χ2n) is 3.25. The number of nitrogens with zero attached hydrogens (tertiary/aromatic N) is 1. The van der Waals surface area contributed by atoms with Gasteiger partial charge in [0.1, 0.15) is 10.8 Å². The molecule has 0 aliphatic rings. The second-order valence-corrected chi connectivity index (χ2v) is 4.65. The molecule has 1 aromatic carbocycles. The van der Waals surface area contributed by atoms with Crippen LogP contribution in [-0.2, 0) is 5.75 Å². The molecular formula is C12H10ClNOS. The third-order valence-electron chi connectivity index (χ3n) is 2.02. The molecule has 0 amide bonds. The topological polar surface area (TPSA) is 33.1 Å². The standard InChI is InChI=1S/C12H10ClNOS/c13-10-6-11(15)12(14-7-10)16-8-9-4-2-1-3-5-9/h1-7,15H,8H2. The molecular weight excluding hydrogens is 242 g/mol. The average Bonchev–Trinajstić information content (AvgIpc) is 2.29. The van der Waals surface area contributed by atoms with Crippen molar-refractivity contribution in [2.45, 2.75) is 10.8 Å². The summed E-state index contributed by atoms with van der Waals surface area (Å²) >= 11 is 7.19. The molecule has 2 aromatic rings. The van der Waals surface area contributed by atoms with Crippen molar-refractivity contribution in [3.8, 4) is 5.75 Å². The maximum atomic E-state index is 9.60. The van der Waals surface area contributed by atoms with Crippen molar-refractivity contribution in [2.24, 2.45) is 0 Å². The number of thioether (sulfide) groups is 1. The van der Waals surface area contributed by atoms with Crippen molar-refractivity contribution in [3.05, 3.63) is 53.2 Å². The highest BCUT2D eigenvalue weighted by molar-refractivity contribution is 7.98. The Labute approximate surface area is 103 Å². The van der Waals surface area contributed by atoms with Gasteiger partial charge in [0.2, 0.25) is 0 Å². The molecule has 0 aliphatic carbocycles. The van der Waals surface area contributed by atoms with E-state index in [1.165, 1.54) is 29.6 Å². The summed E-state index contributed by atoms with van der Waals surface area (Å²) in [7, 11) is 0. The maximum absolute atomic E-state index is 9.60. The van der Waals surface area contributed by atoms with Crippen LogP contribution in [0.25, 0.3) is 0 Å². The number of hydrogen-bond donors (Lipinski definition) is 1. The molecule has 0 unspecified atom stereocenters. The van der Waals surface area contributed by atoms with Gasteiger partial charge in [-0.1, -0.05) is 53.7 Å². The first-order chi connectivity index (χ1) is 7.75. The molecule has 0 atom stereocenters. The van der Waals surface area contributed by atoms with Gasteiger partial charge in [-0.05, 0) is 5.56 Å². The van der Waals surface area contributed by atoms with Crippen LogP contribution in [0, 0.1) is 0 Å². The summed E-state index contributed by atoms with van der Waals surface area (Å²) in [6.45, 7) is 0. The maximum Gasteiger partial charge on any atom is 0.149 e. The Balaban J connectivity index is 2.05. The molecule has 0 spiro atoms. The molecule has 0 saturated heterocycles. The molecule has 16 heavy (non-hydrogen) atoms. The molecule has 0 radical (unpaired) electrons. The smallest absolute Gasteiger partial charge is 0.149 e. The van der Waals surface area contributed by atoms with Gasteiger partial charge in [-0.15, -0.1) is 0 Å². The average molecular weight is 252 g/mol. The third kappa shape index (κ3) is 2.90. The first-order valence-electron chi connectivity index (χ1n) is 4.77. The second kappa shape index (κ2) is 5.23. The summed E-state index contributed by atoms with van der Waals surface area (Å²) in [5.41, 5.74) is 1.20. The summed E-state index contributed by atoms with van der Waals surface area (Å²) in [6.07, 6.45) is 1.54. The molecule has 1 N–H and O–H groups in total. The van der Waals surface area contributed by atoms with Gasteiger partial charge in [-0.3, -0.25) is 0 Å². The first-order valence-corrected chi connectivity index (χ1v) is 6.13. The van der Waals surface area contributed by atoms with Crippen molar-refractivity contribution in [2.75, 3.05) is 0 Å². The SMILES string of the molecule is Oc1cc(Cl)cnc1SCc1ccccc1. The minimum absolute atomic E-state index is 0.133. The summed E-state index contributed by atoms with van der Waals surface area (Å²) in [5, 5.41) is 10.7. The highest BCUT2D eigenvalue weighted by Gasteiger charge is 2.04. The monoisotopic (exact) mass is 251 g/mol. The van der Waals surface area contributed by atoms with E-state index in [9.17, 15) is 5.11 Å². The van der Waals surface area contributed by atoms with Crippen molar-refractivity contribution >= 4 is 23.4 Å². The lowest BCUT2D eigenvalue weighted by Crippen LogP contribution is -1.83. The summed E-state index contributed by atoms with van der Waals surface area (Å²) in [5.74, 6) is 0.914. The van der Waals surface area contributed by atoms with Crippen molar-refractivity contribution in [3.63, 3.8) is 0 Å². The molecule has 0 saturated carbocycles. The Bertz CT molecular complexity index is 476. The minimum Gasteiger partial charge on any atom is -0.505 e. The fourth-order valence-electron chi connectivity index (χ4n) is 1.25. The van der Waals surface area contributed by atoms with Gasteiger partial charge >= 0.3 is 0 Å². The molecule has 0 bridgehead atoms. The number of rotatable bonds is 3. The van der Waals surface area contributed by atoms with E-state index in [0.717, 1.165) is 5.75 Å². The number of pyridine rings is 1. The number of benzene rings is 1. The number of aromatic nitrogens is 1. The van der Waals surface area contributed by atoms with Crippen LogP contribution in [0.2, 0.25) is 5.02 Å². The molecule has 0 fully saturated rings. The van der Waals surface area contributed by atoms with Crippen LogP contribution >= 0.6 is 23.4 Å². The van der Waals surface area contributed by atoms with Crippen LogP contribution in [0.3, 0.4) is 0 Å². The van der Waals surface area contributed by atoms with E-state index in [0.29, 0.717) is 10.0 Å². The van der Waals surface area contributed by atoms with Crippen LogP contribution in [0.15, 0.2) is 47.6 Å². The van der Waals surface area contributed by atoms with E-state index in [1.807, 2.05) is 30.3 Å². The summed E-state index contributed by atoms with van der Waals surface area (Å²) in [4.78, 5) is 4.07. The van der Waals surface area contributed by atoms with E-state index in [2.05, 4.69) is 4.98 Å². The van der Waals surface area contributed by atoms with E-state index in [-0.39, 0.29) is 5.75 Å². The van der Waals surface area contributed by atoms with Crippen LogP contribution < -0.4 is 0 Å². The Morgan fingerprint density at radius 3 is 2.69 bits per heavy atom. The van der Waals surface area contributed by atoms with Crippen molar-refractivity contribution in [1.82, 2.24) is 4.98 Å². The van der Waals surface area contributed by atoms with Crippen LogP contribution in [-0.4, -0.2) is 10.1 Å². The predicted octanol–water partition coefficient (Wildman–Crippen LogP) is 3.73. The van der Waals surface area contributed by atoms with E-state index in [1.54, 1.807) is 0 Å². The lowest BCUT2D eigenvalue weighted by Gasteiger charge is -2.03. The lowest BCUT2D eigenvalue weighted by molar-refractivity contribution is 0.457. The van der Waals surface area contributed by atoms with E-state index < -0.39 is 0 Å². The minimum atomic E-state index is 0.133. The Kier molecular flexibility index (Phi) is 3.70. The number of hydrogen-bond acceptors (Lipinski definition) is 3. The normalized spacial score (nSPS) is 10.3. The summed E-state index contributed by atoms with van der Waals surface area (Å²) < 4.78 is 0. The third-order valence-corrected chi connectivity index (χ3v) is 3.29. The molecule has 1 aromatic heterocycles. The Morgan fingerprint density at radius 2 is 2.00 bits per heavy atom. The van der Waals surface area contributed by atoms with Gasteiger partial charge in [0.15, 0.2) is 0 Å². The molecule has 4 heteroatoms. The molecule has 1 heterocycles. The van der Waals surface area contributed by atoms with Gasteiger partial charge in [0.25, 0.3) is 0 Å². The number of halogens is 1. The quantitative estimate of drug-likeness (QED) is 0.844. The van der Waals surface area contributed by atoms with Gasteiger partial charge in [0.05, 0.1) is 5.02 Å². The largest absolute Gasteiger partial charge is 0.505 e. The molecule has 2 rings (SSSR count). The summed E-state index contributed by atoms with van der Waals surface area (Å²) in [6, 6.07) is 11.5. The zero-order chi connectivity index (χ0) is 11.4. The van der Waals surface area contributed by atoms with Crippen LogP contribution in [0.5, 0.6) is 5.75 Å². The fourth-order valence-corrected chi connectivity index (χ4v) is 2.24. The molecule has 82 valence electrons. The van der Waals surface area contributed by atoms with Gasteiger partial charge in [0, 0.05) is 18.0 Å². The van der Waals surface area contributed by atoms with Gasteiger partial charge < -0.3 is 5.11 Å². The highest BCUT2D eigenvalue weighted by atomic mass is 35.5.